The third kappa shape index (κ3) is 5.17. The van der Waals surface area contributed by atoms with Crippen LogP contribution in [0.4, 0.5) is 0 Å². The van der Waals surface area contributed by atoms with Gasteiger partial charge in [-0.05, 0) is 12.3 Å². The zero-order valence-corrected chi connectivity index (χ0v) is 8.26. The molecule has 0 atom stereocenters. The predicted octanol–water partition coefficient (Wildman–Crippen LogP) is 1.58. The van der Waals surface area contributed by atoms with E-state index in [0.717, 1.165) is 11.8 Å². The van der Waals surface area contributed by atoms with Crippen LogP contribution in [0.1, 0.15) is 6.92 Å². The summed E-state index contributed by atoms with van der Waals surface area (Å²) in [5, 5.41) is 1.46. The predicted molar refractivity (Wildman–Crippen MR) is 49.4 cm³/mol. The second-order valence-electron chi connectivity index (χ2n) is 1.79. The van der Waals surface area contributed by atoms with Gasteiger partial charge in [-0.2, -0.15) is 0 Å². The Morgan fingerprint density at radius 2 is 2.18 bits per heavy atom. The van der Waals surface area contributed by atoms with Crippen molar-refractivity contribution in [2.45, 2.75) is 6.92 Å². The molecule has 0 rings (SSSR count). The topological polar surface area (TPSA) is 60.2 Å². The van der Waals surface area contributed by atoms with E-state index < -0.39 is 9.05 Å². The molecule has 0 fully saturated rings. The van der Waals surface area contributed by atoms with Crippen molar-refractivity contribution in [1.29, 1.82) is 0 Å². The van der Waals surface area contributed by atoms with Gasteiger partial charge in [0.2, 0.25) is 0 Å². The van der Waals surface area contributed by atoms with E-state index in [9.17, 15) is 8.42 Å². The zero-order chi connectivity index (χ0) is 9.07. The fourth-order valence-corrected chi connectivity index (χ4v) is 1.46. The maximum absolute atomic E-state index is 10.5. The van der Waals surface area contributed by atoms with Gasteiger partial charge in [0.25, 0.3) is 9.05 Å². The number of halogens is 1. The van der Waals surface area contributed by atoms with Crippen LogP contribution in [0.15, 0.2) is 21.9 Å². The minimum absolute atomic E-state index is 0.121. The first kappa shape index (κ1) is 10.9. The minimum Gasteiger partial charge on any atom is -0.402 e. The van der Waals surface area contributed by atoms with E-state index in [0.29, 0.717) is 5.70 Å². The summed E-state index contributed by atoms with van der Waals surface area (Å²) in [6.45, 7) is 4.88. The van der Waals surface area contributed by atoms with E-state index in [1.165, 1.54) is 5.41 Å². The zero-order valence-electron chi connectivity index (χ0n) is 5.87. The molecule has 0 aliphatic heterocycles. The van der Waals surface area contributed by atoms with Crippen LogP contribution in [0.3, 0.4) is 0 Å². The lowest BCUT2D eigenvalue weighted by Gasteiger charge is -1.95. The Kier molecular flexibility index (Phi) is 3.99. The summed E-state index contributed by atoms with van der Waals surface area (Å²) in [5.41, 5.74) is 5.76. The molecule has 11 heavy (non-hydrogen) atoms. The van der Waals surface area contributed by atoms with Gasteiger partial charge in [-0.15, -0.1) is 0 Å². The summed E-state index contributed by atoms with van der Waals surface area (Å²) in [6, 6.07) is 0. The fourth-order valence-electron chi connectivity index (χ4n) is 0.216. The molecule has 0 saturated heterocycles. The van der Waals surface area contributed by atoms with Crippen LogP contribution in [0.2, 0.25) is 0 Å². The van der Waals surface area contributed by atoms with Crippen LogP contribution < -0.4 is 5.73 Å². The maximum Gasteiger partial charge on any atom is 0.267 e. The lowest BCUT2D eigenvalue weighted by molar-refractivity contribution is 0.617. The second kappa shape index (κ2) is 4.04. The Hall–Kier alpha value is -0.130. The first-order valence-electron chi connectivity index (χ1n) is 2.56. The number of nitrogens with two attached hydrogens (primary N) is 1. The van der Waals surface area contributed by atoms with E-state index in [1.54, 1.807) is 6.92 Å². The lowest BCUT2D eigenvalue weighted by Crippen LogP contribution is -1.90. The highest BCUT2D eigenvalue weighted by atomic mass is 35.7. The number of thioether (sulfide) groups is 1. The van der Waals surface area contributed by atoms with Crippen LogP contribution in [-0.2, 0) is 9.05 Å². The molecule has 0 aliphatic rings. The van der Waals surface area contributed by atoms with Crippen molar-refractivity contribution in [2.24, 2.45) is 5.73 Å². The standard InChI is InChI=1S/C5H8ClNO2S2/c1-4(7)3-10-5(2)11(6,8)9/h3H,2,7H2,1H3/b4-3-. The maximum atomic E-state index is 10.5. The number of rotatable bonds is 3. The molecule has 3 nitrogen and oxygen atoms in total. The van der Waals surface area contributed by atoms with Gasteiger partial charge in [-0.25, -0.2) is 8.42 Å². The molecule has 2 N–H and O–H groups in total. The van der Waals surface area contributed by atoms with Crippen LogP contribution >= 0.6 is 22.4 Å². The molecule has 0 aromatic rings. The molecule has 0 radical (unpaired) electrons. The van der Waals surface area contributed by atoms with E-state index in [-0.39, 0.29) is 4.24 Å². The van der Waals surface area contributed by atoms with Crippen LogP contribution in [0.5, 0.6) is 0 Å². The summed E-state index contributed by atoms with van der Waals surface area (Å²) in [5.74, 6) is 0. The van der Waals surface area contributed by atoms with Gasteiger partial charge in [0.05, 0.1) is 0 Å². The van der Waals surface area contributed by atoms with E-state index in [2.05, 4.69) is 6.58 Å². The molecular formula is C5H8ClNO2S2. The first-order chi connectivity index (χ1) is 4.84. The van der Waals surface area contributed by atoms with Crippen molar-refractivity contribution in [1.82, 2.24) is 0 Å². The van der Waals surface area contributed by atoms with Gasteiger partial charge < -0.3 is 5.73 Å². The third-order valence-electron chi connectivity index (χ3n) is 0.648. The van der Waals surface area contributed by atoms with Crippen LogP contribution in [0.25, 0.3) is 0 Å². The van der Waals surface area contributed by atoms with Crippen LogP contribution in [-0.4, -0.2) is 8.42 Å². The van der Waals surface area contributed by atoms with Crippen molar-refractivity contribution >= 4 is 31.5 Å². The highest BCUT2D eigenvalue weighted by Gasteiger charge is 2.09. The van der Waals surface area contributed by atoms with Gasteiger partial charge in [0.1, 0.15) is 4.24 Å². The quantitative estimate of drug-likeness (QED) is 0.724. The molecule has 64 valence electrons. The molecule has 0 aromatic heterocycles. The first-order valence-corrected chi connectivity index (χ1v) is 5.75. The summed E-state index contributed by atoms with van der Waals surface area (Å²) in [6.07, 6.45) is 0. The monoisotopic (exact) mass is 213 g/mol. The molecule has 0 bridgehead atoms. The van der Waals surface area contributed by atoms with Crippen molar-refractivity contribution in [3.63, 3.8) is 0 Å². The molecule has 0 saturated carbocycles. The Morgan fingerprint density at radius 3 is 2.45 bits per heavy atom. The van der Waals surface area contributed by atoms with Gasteiger partial charge >= 0.3 is 0 Å². The normalized spacial score (nSPS) is 13.1. The van der Waals surface area contributed by atoms with Gasteiger partial charge in [0, 0.05) is 16.4 Å². The third-order valence-corrected chi connectivity index (χ3v) is 3.72. The van der Waals surface area contributed by atoms with Crippen molar-refractivity contribution < 1.29 is 8.42 Å². The fraction of sp³-hybridized carbons (Fsp3) is 0.200. The highest BCUT2D eigenvalue weighted by Crippen LogP contribution is 2.24. The molecular weight excluding hydrogens is 206 g/mol. The van der Waals surface area contributed by atoms with Crippen molar-refractivity contribution in [3.05, 3.63) is 21.9 Å². The van der Waals surface area contributed by atoms with Crippen LogP contribution in [0, 0.1) is 0 Å². The largest absolute Gasteiger partial charge is 0.402 e. The van der Waals surface area contributed by atoms with Crippen molar-refractivity contribution in [2.75, 3.05) is 0 Å². The molecule has 0 aromatic carbocycles. The molecule has 0 aliphatic carbocycles. The summed E-state index contributed by atoms with van der Waals surface area (Å²) < 4.78 is 20.9. The smallest absolute Gasteiger partial charge is 0.267 e. The van der Waals surface area contributed by atoms with E-state index in [4.69, 9.17) is 16.4 Å². The summed E-state index contributed by atoms with van der Waals surface area (Å²) in [4.78, 5) is 0. The molecule has 0 amide bonds. The Morgan fingerprint density at radius 1 is 1.73 bits per heavy atom. The van der Waals surface area contributed by atoms with Gasteiger partial charge in [-0.1, -0.05) is 18.3 Å². The summed E-state index contributed by atoms with van der Waals surface area (Å²) >= 11 is 0.890. The minimum atomic E-state index is -3.66. The number of hydrogen-bond donors (Lipinski definition) is 1. The number of hydrogen-bond acceptors (Lipinski definition) is 4. The Labute approximate surface area is 74.7 Å². The molecule has 6 heteroatoms. The molecule has 0 heterocycles. The SMILES string of the molecule is C=C(S/C=C(/C)N)S(=O)(=O)Cl. The lowest BCUT2D eigenvalue weighted by atomic mass is 10.6. The number of allylic oxidation sites excluding steroid dienone is 1. The average Bonchev–Trinajstić information content (AvgIpc) is 1.80. The Bertz CT molecular complexity index is 277. The van der Waals surface area contributed by atoms with Crippen molar-refractivity contribution in [3.8, 4) is 0 Å². The summed E-state index contributed by atoms with van der Waals surface area (Å²) in [7, 11) is 1.29. The van der Waals surface area contributed by atoms with Gasteiger partial charge in [-0.3, -0.25) is 0 Å². The molecule has 0 unspecified atom stereocenters. The average molecular weight is 214 g/mol. The molecule has 0 spiro atoms. The van der Waals surface area contributed by atoms with E-state index >= 15 is 0 Å². The Balaban J connectivity index is 4.24. The second-order valence-corrected chi connectivity index (χ2v) is 5.60. The highest BCUT2D eigenvalue weighted by molar-refractivity contribution is 8.29. The van der Waals surface area contributed by atoms with E-state index in [1.807, 2.05) is 0 Å². The van der Waals surface area contributed by atoms with Gasteiger partial charge in [0.15, 0.2) is 0 Å².